The quantitative estimate of drug-likeness (QED) is 0.576. The lowest BCUT2D eigenvalue weighted by Crippen LogP contribution is -2.49. The Balaban J connectivity index is 1.60. The molecule has 6 nitrogen and oxygen atoms in total. The maximum Gasteiger partial charge on any atom is 0.293 e. The lowest BCUT2D eigenvalue weighted by molar-refractivity contribution is -0.384. The molecule has 1 saturated heterocycles. The van der Waals surface area contributed by atoms with Gasteiger partial charge in [0.05, 0.1) is 4.92 Å². The number of piperazine rings is 1. The first-order valence-corrected chi connectivity index (χ1v) is 9.30. The van der Waals surface area contributed by atoms with Crippen molar-refractivity contribution in [2.24, 2.45) is 5.92 Å². The van der Waals surface area contributed by atoms with E-state index in [4.69, 9.17) is 0 Å². The second-order valence-electron chi connectivity index (χ2n) is 6.61. The molecule has 24 heavy (non-hydrogen) atoms. The van der Waals surface area contributed by atoms with Gasteiger partial charge in [-0.3, -0.25) is 14.9 Å². The number of benzene rings is 1. The summed E-state index contributed by atoms with van der Waals surface area (Å²) in [6, 6.07) is 5.13. The van der Waals surface area contributed by atoms with Crippen molar-refractivity contribution >= 4 is 33.2 Å². The molecule has 0 N–H and O–H groups in total. The van der Waals surface area contributed by atoms with Gasteiger partial charge in [-0.25, -0.2) is 0 Å². The summed E-state index contributed by atoms with van der Waals surface area (Å²) in [6.07, 6.45) is 5.52. The first-order valence-electron chi connectivity index (χ1n) is 8.51. The van der Waals surface area contributed by atoms with E-state index in [1.807, 2.05) is 15.9 Å². The summed E-state index contributed by atoms with van der Waals surface area (Å²) in [7, 11) is 0. The maximum absolute atomic E-state index is 12.4. The normalized spacial score (nSPS) is 18.9. The summed E-state index contributed by atoms with van der Waals surface area (Å²) in [5.41, 5.74) is 0.737. The van der Waals surface area contributed by atoms with Gasteiger partial charge in [-0.05, 0) is 30.9 Å². The highest BCUT2D eigenvalue weighted by Crippen LogP contribution is 2.32. The number of amides is 1. The Morgan fingerprint density at radius 2 is 1.88 bits per heavy atom. The summed E-state index contributed by atoms with van der Waals surface area (Å²) in [5, 5.41) is 11.3. The van der Waals surface area contributed by atoms with E-state index >= 15 is 0 Å². The Kier molecular flexibility index (Phi) is 5.38. The van der Waals surface area contributed by atoms with Crippen molar-refractivity contribution in [2.45, 2.75) is 32.1 Å². The van der Waals surface area contributed by atoms with Crippen LogP contribution in [0, 0.1) is 16.0 Å². The minimum absolute atomic E-state index is 0.107. The third-order valence-electron chi connectivity index (χ3n) is 5.05. The van der Waals surface area contributed by atoms with Crippen molar-refractivity contribution in [3.05, 3.63) is 32.8 Å². The van der Waals surface area contributed by atoms with Crippen LogP contribution in [0.2, 0.25) is 0 Å². The number of halogens is 1. The molecule has 0 spiro atoms. The summed E-state index contributed by atoms with van der Waals surface area (Å²) < 4.78 is 0.698. The lowest BCUT2D eigenvalue weighted by atomic mass is 10.0. The van der Waals surface area contributed by atoms with Gasteiger partial charge in [-0.1, -0.05) is 28.8 Å². The summed E-state index contributed by atoms with van der Waals surface area (Å²) in [4.78, 5) is 27.3. The van der Waals surface area contributed by atoms with Crippen LogP contribution >= 0.6 is 15.9 Å². The fourth-order valence-electron chi connectivity index (χ4n) is 3.70. The Bertz CT molecular complexity index is 624. The van der Waals surface area contributed by atoms with Gasteiger partial charge in [-0.15, -0.1) is 0 Å². The molecule has 1 aliphatic heterocycles. The third kappa shape index (κ3) is 3.88. The molecule has 1 aromatic carbocycles. The fraction of sp³-hybridized carbons (Fsp3) is 0.588. The van der Waals surface area contributed by atoms with Crippen molar-refractivity contribution in [2.75, 3.05) is 31.1 Å². The van der Waals surface area contributed by atoms with Gasteiger partial charge in [0, 0.05) is 43.1 Å². The Morgan fingerprint density at radius 3 is 2.50 bits per heavy atom. The minimum atomic E-state index is -0.349. The van der Waals surface area contributed by atoms with Gasteiger partial charge in [-0.2, -0.15) is 0 Å². The zero-order valence-electron chi connectivity index (χ0n) is 13.6. The van der Waals surface area contributed by atoms with Gasteiger partial charge < -0.3 is 9.80 Å². The number of nitrogens with zero attached hydrogens (tertiary/aromatic N) is 3. The van der Waals surface area contributed by atoms with E-state index in [1.54, 1.807) is 6.07 Å². The number of nitro groups is 1. The van der Waals surface area contributed by atoms with Gasteiger partial charge in [0.2, 0.25) is 5.91 Å². The lowest BCUT2D eigenvalue weighted by Gasteiger charge is -2.36. The Hall–Kier alpha value is -1.63. The number of hydrogen-bond acceptors (Lipinski definition) is 4. The smallest absolute Gasteiger partial charge is 0.293 e. The van der Waals surface area contributed by atoms with Crippen LogP contribution in [0.5, 0.6) is 0 Å². The maximum atomic E-state index is 12.4. The molecule has 2 aliphatic rings. The van der Waals surface area contributed by atoms with Crippen molar-refractivity contribution in [1.82, 2.24) is 4.90 Å². The molecule has 130 valence electrons. The van der Waals surface area contributed by atoms with Gasteiger partial charge in [0.25, 0.3) is 5.69 Å². The molecule has 1 aromatic rings. The number of anilines is 1. The van der Waals surface area contributed by atoms with Crippen molar-refractivity contribution in [1.29, 1.82) is 0 Å². The Labute approximate surface area is 150 Å². The predicted molar refractivity (Wildman–Crippen MR) is 96.2 cm³/mol. The fourth-order valence-corrected chi connectivity index (χ4v) is 4.05. The summed E-state index contributed by atoms with van der Waals surface area (Å²) >= 11 is 3.28. The summed E-state index contributed by atoms with van der Waals surface area (Å²) in [5.74, 6) is 0.801. The van der Waals surface area contributed by atoms with Crippen LogP contribution in [-0.2, 0) is 4.79 Å². The molecule has 7 heteroatoms. The number of rotatable bonds is 4. The average molecular weight is 396 g/mol. The molecule has 0 aromatic heterocycles. The van der Waals surface area contributed by atoms with E-state index in [2.05, 4.69) is 15.9 Å². The SMILES string of the molecule is O=C(CC1CCCC1)N1CCN(c2ccc(Br)cc2[N+](=O)[O-])CC1. The average Bonchev–Trinajstić information content (AvgIpc) is 3.08. The second kappa shape index (κ2) is 7.51. The molecule has 0 unspecified atom stereocenters. The number of carbonyl (C=O) groups is 1. The molecule has 0 bridgehead atoms. The van der Waals surface area contributed by atoms with E-state index in [1.165, 1.54) is 31.7 Å². The van der Waals surface area contributed by atoms with Crippen LogP contribution < -0.4 is 4.90 Å². The van der Waals surface area contributed by atoms with E-state index in [0.29, 0.717) is 48.7 Å². The predicted octanol–water partition coefficient (Wildman–Crippen LogP) is 3.59. The van der Waals surface area contributed by atoms with Crippen molar-refractivity contribution in [3.8, 4) is 0 Å². The molecule has 3 rings (SSSR count). The zero-order valence-corrected chi connectivity index (χ0v) is 15.2. The van der Waals surface area contributed by atoms with Crippen LogP contribution in [0.25, 0.3) is 0 Å². The number of carbonyl (C=O) groups excluding carboxylic acids is 1. The van der Waals surface area contributed by atoms with E-state index in [9.17, 15) is 14.9 Å². The van der Waals surface area contributed by atoms with Gasteiger partial charge >= 0.3 is 0 Å². The molecule has 1 saturated carbocycles. The second-order valence-corrected chi connectivity index (χ2v) is 7.53. The van der Waals surface area contributed by atoms with Crippen LogP contribution in [0.15, 0.2) is 22.7 Å². The van der Waals surface area contributed by atoms with Crippen molar-refractivity contribution in [3.63, 3.8) is 0 Å². The zero-order chi connectivity index (χ0) is 17.1. The molecule has 1 aliphatic carbocycles. The van der Waals surface area contributed by atoms with Crippen LogP contribution in [0.4, 0.5) is 11.4 Å². The van der Waals surface area contributed by atoms with Crippen LogP contribution in [0.3, 0.4) is 0 Å². The molecular weight excluding hydrogens is 374 g/mol. The van der Waals surface area contributed by atoms with E-state index < -0.39 is 0 Å². The van der Waals surface area contributed by atoms with Gasteiger partial charge in [0.1, 0.15) is 5.69 Å². The number of nitro benzene ring substituents is 1. The first-order chi connectivity index (χ1) is 11.5. The third-order valence-corrected chi connectivity index (χ3v) is 5.54. The van der Waals surface area contributed by atoms with Gasteiger partial charge in [0.15, 0.2) is 0 Å². The highest BCUT2D eigenvalue weighted by atomic mass is 79.9. The highest BCUT2D eigenvalue weighted by Gasteiger charge is 2.27. The number of hydrogen-bond donors (Lipinski definition) is 0. The minimum Gasteiger partial charge on any atom is -0.362 e. The van der Waals surface area contributed by atoms with E-state index in [0.717, 1.165) is 0 Å². The first kappa shape index (κ1) is 17.2. The van der Waals surface area contributed by atoms with Crippen LogP contribution in [0.1, 0.15) is 32.1 Å². The van der Waals surface area contributed by atoms with Crippen molar-refractivity contribution < 1.29 is 9.72 Å². The Morgan fingerprint density at radius 1 is 1.21 bits per heavy atom. The van der Waals surface area contributed by atoms with E-state index in [-0.39, 0.29) is 16.5 Å². The molecule has 2 fully saturated rings. The largest absolute Gasteiger partial charge is 0.362 e. The highest BCUT2D eigenvalue weighted by molar-refractivity contribution is 9.10. The van der Waals surface area contributed by atoms with Crippen LogP contribution in [-0.4, -0.2) is 41.9 Å². The molecule has 0 radical (unpaired) electrons. The molecule has 1 amide bonds. The molecule has 1 heterocycles. The monoisotopic (exact) mass is 395 g/mol. The topological polar surface area (TPSA) is 66.7 Å². The molecule has 0 atom stereocenters. The molecular formula is C17H22BrN3O3. The summed E-state index contributed by atoms with van der Waals surface area (Å²) in [6.45, 7) is 2.55. The standard InChI is InChI=1S/C17H22BrN3O3/c18-14-5-6-15(16(12-14)21(23)24)19-7-9-20(10-8-19)17(22)11-13-3-1-2-4-13/h5-6,12-13H,1-4,7-11H2.